The summed E-state index contributed by atoms with van der Waals surface area (Å²) >= 11 is 0. The number of amides is 2. The molecule has 0 saturated heterocycles. The molecule has 0 bridgehead atoms. The summed E-state index contributed by atoms with van der Waals surface area (Å²) in [6, 6.07) is 3.62. The van der Waals surface area contributed by atoms with Crippen molar-refractivity contribution in [2.24, 2.45) is 5.41 Å². The molecule has 1 N–H and O–H groups in total. The molecule has 0 fully saturated rings. The van der Waals surface area contributed by atoms with Gasteiger partial charge in [-0.05, 0) is 19.1 Å². The van der Waals surface area contributed by atoms with Crippen LogP contribution in [0.2, 0.25) is 0 Å². The zero-order valence-electron chi connectivity index (χ0n) is 14.1. The van der Waals surface area contributed by atoms with Gasteiger partial charge in [-0.1, -0.05) is 26.8 Å². The molecule has 23 heavy (non-hydrogen) atoms. The van der Waals surface area contributed by atoms with Crippen LogP contribution in [0, 0.1) is 17.0 Å². The molecule has 0 saturated carbocycles. The van der Waals surface area contributed by atoms with Gasteiger partial charge in [-0.15, -0.1) is 0 Å². The molecular formula is C17H24F2N2O2. The molecular weight excluding hydrogens is 302 g/mol. The maximum absolute atomic E-state index is 13.7. The molecule has 0 unspecified atom stereocenters. The lowest BCUT2D eigenvalue weighted by molar-refractivity contribution is -0.132. The number of carbonyl (C=O) groups excluding carboxylic acids is 2. The predicted octanol–water partition coefficient (Wildman–Crippen LogP) is 2.87. The highest BCUT2D eigenvalue weighted by Gasteiger charge is 2.21. The monoisotopic (exact) mass is 326 g/mol. The molecule has 0 atom stereocenters. The van der Waals surface area contributed by atoms with Crippen LogP contribution in [0.1, 0.15) is 39.7 Å². The number of halogens is 2. The maximum atomic E-state index is 13.7. The zero-order valence-corrected chi connectivity index (χ0v) is 14.1. The van der Waals surface area contributed by atoms with Gasteiger partial charge in [-0.2, -0.15) is 0 Å². The third-order valence-corrected chi connectivity index (χ3v) is 3.45. The Morgan fingerprint density at radius 2 is 1.74 bits per heavy atom. The van der Waals surface area contributed by atoms with E-state index in [1.54, 1.807) is 27.7 Å². The second-order valence-corrected chi connectivity index (χ2v) is 6.36. The van der Waals surface area contributed by atoms with Gasteiger partial charge in [0.2, 0.25) is 11.8 Å². The van der Waals surface area contributed by atoms with Crippen molar-refractivity contribution in [1.29, 1.82) is 0 Å². The van der Waals surface area contributed by atoms with E-state index in [-0.39, 0.29) is 36.9 Å². The SMILES string of the molecule is CCN(Cc1c(F)cccc1F)C(=O)CCNC(=O)C(C)(C)C. The Morgan fingerprint density at radius 3 is 2.22 bits per heavy atom. The molecule has 1 aromatic rings. The summed E-state index contributed by atoms with van der Waals surface area (Å²) in [4.78, 5) is 25.3. The highest BCUT2D eigenvalue weighted by molar-refractivity contribution is 5.82. The number of carbonyl (C=O) groups is 2. The fourth-order valence-electron chi connectivity index (χ4n) is 1.96. The molecule has 0 aliphatic heterocycles. The Balaban J connectivity index is 2.61. The maximum Gasteiger partial charge on any atom is 0.225 e. The van der Waals surface area contributed by atoms with Crippen molar-refractivity contribution in [3.8, 4) is 0 Å². The number of hydrogen-bond acceptors (Lipinski definition) is 2. The number of nitrogens with one attached hydrogen (secondary N) is 1. The van der Waals surface area contributed by atoms with Crippen LogP contribution in [-0.4, -0.2) is 29.8 Å². The number of hydrogen-bond donors (Lipinski definition) is 1. The largest absolute Gasteiger partial charge is 0.355 e. The lowest BCUT2D eigenvalue weighted by Gasteiger charge is -2.22. The van der Waals surface area contributed by atoms with Gasteiger partial charge in [0.15, 0.2) is 0 Å². The van der Waals surface area contributed by atoms with Gasteiger partial charge in [0.05, 0.1) is 6.54 Å². The number of rotatable bonds is 6. The normalized spacial score (nSPS) is 11.2. The Bertz CT molecular complexity index is 548. The molecule has 0 radical (unpaired) electrons. The van der Waals surface area contributed by atoms with E-state index in [1.165, 1.54) is 23.1 Å². The van der Waals surface area contributed by atoms with E-state index in [2.05, 4.69) is 5.32 Å². The summed E-state index contributed by atoms with van der Waals surface area (Å²) < 4.78 is 27.3. The highest BCUT2D eigenvalue weighted by atomic mass is 19.1. The van der Waals surface area contributed by atoms with Gasteiger partial charge >= 0.3 is 0 Å². The molecule has 2 amide bonds. The molecule has 0 aliphatic rings. The first-order chi connectivity index (χ1) is 10.7. The fourth-order valence-corrected chi connectivity index (χ4v) is 1.96. The fraction of sp³-hybridized carbons (Fsp3) is 0.529. The van der Waals surface area contributed by atoms with E-state index < -0.39 is 17.0 Å². The van der Waals surface area contributed by atoms with Crippen molar-refractivity contribution in [2.45, 2.75) is 40.7 Å². The van der Waals surface area contributed by atoms with Gasteiger partial charge in [-0.25, -0.2) is 8.78 Å². The third kappa shape index (κ3) is 5.62. The first kappa shape index (κ1) is 19.1. The highest BCUT2D eigenvalue weighted by Crippen LogP contribution is 2.15. The molecule has 0 spiro atoms. The minimum Gasteiger partial charge on any atom is -0.355 e. The van der Waals surface area contributed by atoms with Crippen LogP contribution >= 0.6 is 0 Å². The first-order valence-corrected chi connectivity index (χ1v) is 7.65. The Labute approximate surface area is 135 Å². The standard InChI is InChI=1S/C17H24F2N2O2/c1-5-21(11-12-13(18)7-6-8-14(12)19)15(22)9-10-20-16(23)17(2,3)4/h6-8H,5,9-11H2,1-4H3,(H,20,23). The third-order valence-electron chi connectivity index (χ3n) is 3.45. The van der Waals surface area contributed by atoms with E-state index in [9.17, 15) is 18.4 Å². The quantitative estimate of drug-likeness (QED) is 0.874. The van der Waals surface area contributed by atoms with E-state index in [0.717, 1.165) is 0 Å². The second kappa shape index (κ2) is 8.04. The van der Waals surface area contributed by atoms with Gasteiger partial charge in [-0.3, -0.25) is 9.59 Å². The molecule has 0 heterocycles. The van der Waals surface area contributed by atoms with Crippen molar-refractivity contribution in [1.82, 2.24) is 10.2 Å². The van der Waals surface area contributed by atoms with Crippen LogP contribution in [0.25, 0.3) is 0 Å². The average Bonchev–Trinajstić information content (AvgIpc) is 2.45. The van der Waals surface area contributed by atoms with Crippen LogP contribution in [0.4, 0.5) is 8.78 Å². The van der Waals surface area contributed by atoms with Crippen LogP contribution in [-0.2, 0) is 16.1 Å². The summed E-state index contributed by atoms with van der Waals surface area (Å²) in [5, 5.41) is 2.68. The molecule has 0 aromatic heterocycles. The number of benzene rings is 1. The minimum atomic E-state index is -0.669. The zero-order chi connectivity index (χ0) is 17.6. The minimum absolute atomic E-state index is 0.0890. The van der Waals surface area contributed by atoms with E-state index in [4.69, 9.17) is 0 Å². The summed E-state index contributed by atoms with van der Waals surface area (Å²) in [7, 11) is 0. The molecule has 6 heteroatoms. The van der Waals surface area contributed by atoms with Crippen LogP contribution in [0.15, 0.2) is 18.2 Å². The van der Waals surface area contributed by atoms with Crippen molar-refractivity contribution in [2.75, 3.05) is 13.1 Å². The van der Waals surface area contributed by atoms with Crippen LogP contribution < -0.4 is 5.32 Å². The van der Waals surface area contributed by atoms with Crippen LogP contribution in [0.3, 0.4) is 0 Å². The van der Waals surface area contributed by atoms with Crippen LogP contribution in [0.5, 0.6) is 0 Å². The Kier molecular flexibility index (Phi) is 6.66. The first-order valence-electron chi connectivity index (χ1n) is 7.65. The average molecular weight is 326 g/mol. The Hall–Kier alpha value is -1.98. The topological polar surface area (TPSA) is 49.4 Å². The lowest BCUT2D eigenvalue weighted by Crippen LogP contribution is -2.38. The van der Waals surface area contributed by atoms with Crippen molar-refractivity contribution in [3.05, 3.63) is 35.4 Å². The van der Waals surface area contributed by atoms with Gasteiger partial charge in [0.1, 0.15) is 11.6 Å². The molecule has 128 valence electrons. The van der Waals surface area contributed by atoms with Gasteiger partial charge in [0, 0.05) is 30.5 Å². The van der Waals surface area contributed by atoms with E-state index >= 15 is 0 Å². The molecule has 4 nitrogen and oxygen atoms in total. The summed E-state index contributed by atoms with van der Waals surface area (Å²) in [6.45, 7) is 7.49. The van der Waals surface area contributed by atoms with E-state index in [1.807, 2.05) is 0 Å². The summed E-state index contributed by atoms with van der Waals surface area (Å²) in [5.74, 6) is -1.74. The predicted molar refractivity (Wildman–Crippen MR) is 84.5 cm³/mol. The lowest BCUT2D eigenvalue weighted by atomic mass is 9.96. The summed E-state index contributed by atoms with van der Waals surface area (Å²) in [5.41, 5.74) is -0.648. The number of nitrogens with zero attached hydrogens (tertiary/aromatic N) is 1. The molecule has 1 rings (SSSR count). The van der Waals surface area contributed by atoms with Crippen molar-refractivity contribution in [3.63, 3.8) is 0 Å². The van der Waals surface area contributed by atoms with Crippen molar-refractivity contribution >= 4 is 11.8 Å². The second-order valence-electron chi connectivity index (χ2n) is 6.36. The van der Waals surface area contributed by atoms with E-state index in [0.29, 0.717) is 6.54 Å². The van der Waals surface area contributed by atoms with Gasteiger partial charge in [0.25, 0.3) is 0 Å². The summed E-state index contributed by atoms with van der Waals surface area (Å²) in [6.07, 6.45) is 0.0890. The smallest absolute Gasteiger partial charge is 0.225 e. The van der Waals surface area contributed by atoms with Crippen molar-refractivity contribution < 1.29 is 18.4 Å². The Morgan fingerprint density at radius 1 is 1.17 bits per heavy atom. The molecule has 0 aliphatic carbocycles. The molecule has 1 aromatic carbocycles. The van der Waals surface area contributed by atoms with Gasteiger partial charge < -0.3 is 10.2 Å².